The van der Waals surface area contributed by atoms with Crippen molar-refractivity contribution in [3.05, 3.63) is 29.8 Å². The summed E-state index contributed by atoms with van der Waals surface area (Å²) < 4.78 is 22.7. The summed E-state index contributed by atoms with van der Waals surface area (Å²) in [5, 5.41) is 8.59. The highest BCUT2D eigenvalue weighted by Crippen LogP contribution is 2.17. The van der Waals surface area contributed by atoms with Crippen LogP contribution in [0.3, 0.4) is 0 Å². The first kappa shape index (κ1) is 16.5. The molecule has 2 unspecified atom stereocenters. The molecule has 3 N–H and O–H groups in total. The molecule has 0 aliphatic rings. The van der Waals surface area contributed by atoms with Crippen molar-refractivity contribution in [3.8, 4) is 0 Å². The summed E-state index contributed by atoms with van der Waals surface area (Å²) in [6.45, 7) is 6.29. The molecule has 0 amide bonds. The lowest BCUT2D eigenvalue weighted by atomic mass is 10.1. The maximum absolute atomic E-state index is 11.3. The van der Waals surface area contributed by atoms with Gasteiger partial charge in [0.25, 0.3) is 0 Å². The monoisotopic (exact) mass is 302 g/mol. The summed E-state index contributed by atoms with van der Waals surface area (Å²) in [6, 6.07) is 7.24. The number of benzene rings is 1. The fraction of sp³-hybridized carbons (Fsp3) is 0.538. The first-order valence-corrected chi connectivity index (χ1v) is 9.01. The van der Waals surface area contributed by atoms with Crippen LogP contribution in [0.25, 0.3) is 0 Å². The summed E-state index contributed by atoms with van der Waals surface area (Å²) in [5.41, 5.74) is 0.930. The minimum Gasteiger partial charge on any atom is -0.307 e. The molecule has 0 aromatic heterocycles. The smallest absolute Gasteiger partial charge is 0.238 e. The van der Waals surface area contributed by atoms with Gasteiger partial charge in [-0.3, -0.25) is 0 Å². The first-order chi connectivity index (χ1) is 8.84. The van der Waals surface area contributed by atoms with Gasteiger partial charge in [-0.15, -0.1) is 0 Å². The van der Waals surface area contributed by atoms with Crippen LogP contribution in [0.5, 0.6) is 0 Å². The van der Waals surface area contributed by atoms with E-state index >= 15 is 0 Å². The Morgan fingerprint density at radius 3 is 2.63 bits per heavy atom. The zero-order valence-corrected chi connectivity index (χ0v) is 13.2. The third-order valence-electron chi connectivity index (χ3n) is 2.79. The maximum atomic E-state index is 11.3. The fourth-order valence-electron chi connectivity index (χ4n) is 1.83. The van der Waals surface area contributed by atoms with E-state index in [1.165, 1.54) is 6.07 Å². The summed E-state index contributed by atoms with van der Waals surface area (Å²) in [4.78, 5) is 0.161. The lowest BCUT2D eigenvalue weighted by molar-refractivity contribution is 0.510. The zero-order valence-electron chi connectivity index (χ0n) is 11.6. The van der Waals surface area contributed by atoms with E-state index in [1.54, 1.807) is 12.1 Å². The van der Waals surface area contributed by atoms with Gasteiger partial charge in [0.15, 0.2) is 0 Å². The van der Waals surface area contributed by atoms with Gasteiger partial charge in [-0.1, -0.05) is 19.1 Å². The van der Waals surface area contributed by atoms with Gasteiger partial charge in [0.1, 0.15) is 0 Å². The Balaban J connectivity index is 2.75. The van der Waals surface area contributed by atoms with Crippen molar-refractivity contribution in [2.75, 3.05) is 11.5 Å². The highest BCUT2D eigenvalue weighted by atomic mass is 32.2. The van der Waals surface area contributed by atoms with Gasteiger partial charge in [0.2, 0.25) is 10.0 Å². The van der Waals surface area contributed by atoms with Gasteiger partial charge in [-0.05, 0) is 37.3 Å². The minimum atomic E-state index is -3.63. The van der Waals surface area contributed by atoms with Gasteiger partial charge in [0, 0.05) is 17.8 Å². The average Bonchev–Trinajstić information content (AvgIpc) is 2.35. The van der Waals surface area contributed by atoms with Crippen molar-refractivity contribution >= 4 is 21.8 Å². The molecule has 0 aliphatic heterocycles. The maximum Gasteiger partial charge on any atom is 0.238 e. The van der Waals surface area contributed by atoms with E-state index in [0.717, 1.165) is 17.1 Å². The molecule has 1 aromatic carbocycles. The normalized spacial score (nSPS) is 15.2. The molecule has 0 radical (unpaired) electrons. The number of thioether (sulfide) groups is 1. The highest BCUT2D eigenvalue weighted by Gasteiger charge is 2.13. The molecule has 0 saturated heterocycles. The number of hydrogen-bond acceptors (Lipinski definition) is 4. The van der Waals surface area contributed by atoms with Crippen LogP contribution in [0.2, 0.25) is 0 Å². The summed E-state index contributed by atoms with van der Waals surface area (Å²) in [5.74, 6) is 2.14. The number of rotatable bonds is 7. The summed E-state index contributed by atoms with van der Waals surface area (Å²) in [6.07, 6.45) is 0. The Morgan fingerprint density at radius 1 is 1.37 bits per heavy atom. The second-order valence-electron chi connectivity index (χ2n) is 4.57. The number of nitrogens with one attached hydrogen (secondary N) is 1. The molecule has 0 fully saturated rings. The fourth-order valence-corrected chi connectivity index (χ4v) is 3.08. The molecular weight excluding hydrogens is 280 g/mol. The molecule has 0 spiro atoms. The highest BCUT2D eigenvalue weighted by molar-refractivity contribution is 7.99. The Hall–Kier alpha value is -0.560. The molecule has 108 valence electrons. The standard InChI is InChI=1S/C13H22N2O2S2/c1-4-18-9-10(2)15-11(3)12-6-5-7-13(8-12)19(14,16)17/h5-8,10-11,15H,4,9H2,1-3H3,(H2,14,16,17). The summed E-state index contributed by atoms with van der Waals surface area (Å²) >= 11 is 1.88. The molecule has 0 bridgehead atoms. The quantitative estimate of drug-likeness (QED) is 0.809. The predicted octanol–water partition coefficient (Wildman–Crippen LogP) is 2.13. The lowest BCUT2D eigenvalue weighted by Gasteiger charge is -2.20. The van der Waals surface area contributed by atoms with E-state index < -0.39 is 10.0 Å². The van der Waals surface area contributed by atoms with Crippen molar-refractivity contribution in [1.82, 2.24) is 5.32 Å². The number of sulfonamides is 1. The van der Waals surface area contributed by atoms with E-state index in [1.807, 2.05) is 24.8 Å². The number of hydrogen-bond donors (Lipinski definition) is 2. The largest absolute Gasteiger partial charge is 0.307 e. The Kier molecular flexibility index (Phi) is 6.32. The van der Waals surface area contributed by atoms with E-state index in [4.69, 9.17) is 5.14 Å². The van der Waals surface area contributed by atoms with E-state index in [0.29, 0.717) is 6.04 Å². The second kappa shape index (κ2) is 7.28. The molecular formula is C13H22N2O2S2. The molecule has 1 rings (SSSR count). The van der Waals surface area contributed by atoms with Gasteiger partial charge in [0.05, 0.1) is 4.90 Å². The molecule has 0 heterocycles. The SMILES string of the molecule is CCSCC(C)NC(C)c1cccc(S(N)(=O)=O)c1. The van der Waals surface area contributed by atoms with E-state index in [2.05, 4.69) is 19.2 Å². The van der Waals surface area contributed by atoms with Crippen molar-refractivity contribution in [3.63, 3.8) is 0 Å². The van der Waals surface area contributed by atoms with Gasteiger partial charge >= 0.3 is 0 Å². The van der Waals surface area contributed by atoms with Gasteiger partial charge < -0.3 is 5.32 Å². The Bertz CT molecular complexity index is 503. The van der Waals surface area contributed by atoms with Crippen LogP contribution in [0.15, 0.2) is 29.2 Å². The molecule has 0 saturated carbocycles. The molecule has 4 nitrogen and oxygen atoms in total. The first-order valence-electron chi connectivity index (χ1n) is 6.31. The summed E-state index contributed by atoms with van der Waals surface area (Å²) in [7, 11) is -3.63. The van der Waals surface area contributed by atoms with Crippen LogP contribution in [0.1, 0.15) is 32.4 Å². The van der Waals surface area contributed by atoms with Crippen molar-refractivity contribution < 1.29 is 8.42 Å². The molecule has 6 heteroatoms. The van der Waals surface area contributed by atoms with E-state index in [9.17, 15) is 8.42 Å². The third-order valence-corrected chi connectivity index (χ3v) is 4.85. The number of primary sulfonamides is 1. The average molecular weight is 302 g/mol. The number of nitrogens with two attached hydrogens (primary N) is 1. The lowest BCUT2D eigenvalue weighted by Crippen LogP contribution is -2.31. The molecule has 1 aromatic rings. The topological polar surface area (TPSA) is 72.2 Å². The van der Waals surface area contributed by atoms with E-state index in [-0.39, 0.29) is 10.9 Å². The minimum absolute atomic E-state index is 0.0918. The van der Waals surface area contributed by atoms with Crippen LogP contribution < -0.4 is 10.5 Å². The Labute approximate surface area is 120 Å². The Morgan fingerprint density at radius 2 is 2.05 bits per heavy atom. The molecule has 19 heavy (non-hydrogen) atoms. The molecule has 2 atom stereocenters. The van der Waals surface area contributed by atoms with Crippen molar-refractivity contribution in [2.45, 2.75) is 37.8 Å². The third kappa shape index (κ3) is 5.52. The van der Waals surface area contributed by atoms with Crippen LogP contribution in [0, 0.1) is 0 Å². The van der Waals surface area contributed by atoms with Crippen molar-refractivity contribution in [1.29, 1.82) is 0 Å². The van der Waals surface area contributed by atoms with Gasteiger partial charge in [-0.25, -0.2) is 13.6 Å². The zero-order chi connectivity index (χ0) is 14.5. The van der Waals surface area contributed by atoms with Crippen molar-refractivity contribution in [2.24, 2.45) is 5.14 Å². The van der Waals surface area contributed by atoms with Crippen LogP contribution in [-0.4, -0.2) is 26.0 Å². The van der Waals surface area contributed by atoms with Crippen LogP contribution >= 0.6 is 11.8 Å². The van der Waals surface area contributed by atoms with Crippen LogP contribution in [-0.2, 0) is 10.0 Å². The molecule has 0 aliphatic carbocycles. The predicted molar refractivity (Wildman–Crippen MR) is 81.8 cm³/mol. The van der Waals surface area contributed by atoms with Crippen LogP contribution in [0.4, 0.5) is 0 Å². The second-order valence-corrected chi connectivity index (χ2v) is 7.45. The van der Waals surface area contributed by atoms with Gasteiger partial charge in [-0.2, -0.15) is 11.8 Å².